The Morgan fingerprint density at radius 2 is 2.00 bits per heavy atom. The molecule has 0 bridgehead atoms. The number of hydrogen-bond donors (Lipinski definition) is 0. The Morgan fingerprint density at radius 3 is 2.64 bits per heavy atom. The normalized spacial score (nSPS) is 10.7. The fourth-order valence-electron chi connectivity index (χ4n) is 2.55. The maximum absolute atomic E-state index is 12.7. The van der Waals surface area contributed by atoms with Crippen LogP contribution in [0.2, 0.25) is 0 Å². The van der Waals surface area contributed by atoms with Gasteiger partial charge in [-0.25, -0.2) is 4.68 Å². The molecule has 3 aromatic rings. The first-order chi connectivity index (χ1) is 11.6. The van der Waals surface area contributed by atoms with Crippen LogP contribution in [0.15, 0.2) is 47.5 Å². The molecule has 2 aromatic heterocycles. The molecule has 0 saturated carbocycles. The minimum absolute atomic E-state index is 0. The first-order valence-electron chi connectivity index (χ1n) is 7.74. The topological polar surface area (TPSA) is 60.2 Å². The highest BCUT2D eigenvalue weighted by Gasteiger charge is 2.13. The van der Waals surface area contributed by atoms with E-state index >= 15 is 0 Å². The maximum atomic E-state index is 12.7. The van der Waals surface area contributed by atoms with E-state index in [0.717, 1.165) is 23.2 Å². The monoisotopic (exact) mass is 360 g/mol. The van der Waals surface area contributed by atoms with Crippen LogP contribution in [0.5, 0.6) is 5.75 Å². The number of rotatable bonds is 5. The summed E-state index contributed by atoms with van der Waals surface area (Å²) in [6, 6.07) is 9.24. The molecular weight excluding hydrogens is 340 g/mol. The van der Waals surface area contributed by atoms with Gasteiger partial charge in [0.15, 0.2) is 0 Å². The van der Waals surface area contributed by atoms with Crippen molar-refractivity contribution in [2.75, 3.05) is 27.7 Å². The second-order valence-corrected chi connectivity index (χ2v) is 5.83. The molecule has 7 heteroatoms. The summed E-state index contributed by atoms with van der Waals surface area (Å²) in [4.78, 5) is 18.9. The number of aromatic nitrogens is 3. The van der Waals surface area contributed by atoms with E-state index in [1.807, 2.05) is 37.2 Å². The Hall–Kier alpha value is -2.44. The molecule has 0 radical (unpaired) electrons. The lowest BCUT2D eigenvalue weighted by Crippen LogP contribution is -2.29. The van der Waals surface area contributed by atoms with Crippen molar-refractivity contribution in [3.63, 3.8) is 0 Å². The molecule has 3 rings (SSSR count). The number of nitrogens with zero attached hydrogens (tertiary/aromatic N) is 4. The molecule has 0 atom stereocenters. The van der Waals surface area contributed by atoms with E-state index in [4.69, 9.17) is 4.74 Å². The Bertz CT molecular complexity index is 910. The zero-order valence-electron chi connectivity index (χ0n) is 14.5. The Morgan fingerprint density at radius 1 is 1.20 bits per heavy atom. The van der Waals surface area contributed by atoms with Crippen molar-refractivity contribution < 1.29 is 4.74 Å². The van der Waals surface area contributed by atoms with Crippen LogP contribution < -0.4 is 10.3 Å². The summed E-state index contributed by atoms with van der Waals surface area (Å²) in [7, 11) is 5.55. The summed E-state index contributed by atoms with van der Waals surface area (Å²) in [5.74, 6) is 0.694. The van der Waals surface area contributed by atoms with E-state index < -0.39 is 0 Å². The molecular formula is C18H21ClN4O2. The van der Waals surface area contributed by atoms with Gasteiger partial charge in [0, 0.05) is 29.9 Å². The summed E-state index contributed by atoms with van der Waals surface area (Å²) in [6.07, 6.45) is 3.47. The first-order valence-corrected chi connectivity index (χ1v) is 7.74. The zero-order valence-corrected chi connectivity index (χ0v) is 15.3. The third-order valence-electron chi connectivity index (χ3n) is 3.86. The highest BCUT2D eigenvalue weighted by molar-refractivity contribution is 5.94. The third-order valence-corrected chi connectivity index (χ3v) is 3.86. The van der Waals surface area contributed by atoms with Gasteiger partial charge in [-0.1, -0.05) is 0 Å². The molecule has 0 N–H and O–H groups in total. The van der Waals surface area contributed by atoms with E-state index in [-0.39, 0.29) is 18.0 Å². The Balaban J connectivity index is 0.00000225. The van der Waals surface area contributed by atoms with Gasteiger partial charge in [0.1, 0.15) is 11.4 Å². The minimum Gasteiger partial charge on any atom is -0.497 e. The van der Waals surface area contributed by atoms with Crippen LogP contribution in [0.3, 0.4) is 0 Å². The van der Waals surface area contributed by atoms with Crippen LogP contribution in [0, 0.1) is 0 Å². The number of halogens is 1. The van der Waals surface area contributed by atoms with Crippen molar-refractivity contribution in [1.82, 2.24) is 19.7 Å². The quantitative estimate of drug-likeness (QED) is 0.699. The summed E-state index contributed by atoms with van der Waals surface area (Å²) < 4.78 is 6.83. The highest BCUT2D eigenvalue weighted by atomic mass is 35.5. The van der Waals surface area contributed by atoms with Gasteiger partial charge < -0.3 is 9.64 Å². The van der Waals surface area contributed by atoms with Gasteiger partial charge in [0.25, 0.3) is 5.56 Å². The fraction of sp³-hybridized carbons (Fsp3) is 0.278. The number of fused-ring (bicyclic) bond motifs is 1. The number of hydrogen-bond acceptors (Lipinski definition) is 5. The second-order valence-electron chi connectivity index (χ2n) is 5.83. The molecule has 6 nitrogen and oxygen atoms in total. The van der Waals surface area contributed by atoms with Crippen molar-refractivity contribution in [1.29, 1.82) is 0 Å². The molecule has 25 heavy (non-hydrogen) atoms. The van der Waals surface area contributed by atoms with Crippen molar-refractivity contribution in [3.05, 3.63) is 53.1 Å². The molecule has 0 fully saturated rings. The summed E-state index contributed by atoms with van der Waals surface area (Å²) in [5.41, 5.74) is 1.51. The van der Waals surface area contributed by atoms with Crippen LogP contribution in [0.1, 0.15) is 0 Å². The third kappa shape index (κ3) is 3.97. The van der Waals surface area contributed by atoms with Crippen LogP contribution >= 0.6 is 12.4 Å². The molecule has 0 amide bonds. The predicted octanol–water partition coefficient (Wildman–Crippen LogP) is 2.45. The van der Waals surface area contributed by atoms with Gasteiger partial charge in [-0.2, -0.15) is 5.10 Å². The summed E-state index contributed by atoms with van der Waals surface area (Å²) in [5, 5.41) is 6.00. The van der Waals surface area contributed by atoms with Gasteiger partial charge in [-0.15, -0.1) is 12.4 Å². The number of likely N-dealkylation sites (N-methyl/N-ethyl adjacent to an activating group) is 1. The summed E-state index contributed by atoms with van der Waals surface area (Å²) in [6.45, 7) is 1.27. The van der Waals surface area contributed by atoms with Crippen molar-refractivity contribution in [2.24, 2.45) is 0 Å². The number of benzene rings is 1. The highest BCUT2D eigenvalue weighted by Crippen LogP contribution is 2.27. The van der Waals surface area contributed by atoms with E-state index in [2.05, 4.69) is 10.1 Å². The smallest absolute Gasteiger partial charge is 0.274 e. The average Bonchev–Trinajstić information content (AvgIpc) is 2.61. The molecule has 2 heterocycles. The van der Waals surface area contributed by atoms with Crippen LogP contribution in [0.25, 0.3) is 22.0 Å². The van der Waals surface area contributed by atoms with Gasteiger partial charge in [0.05, 0.1) is 19.0 Å². The van der Waals surface area contributed by atoms with Crippen molar-refractivity contribution in [3.8, 4) is 17.0 Å². The lowest BCUT2D eigenvalue weighted by atomic mass is 10.1. The van der Waals surface area contributed by atoms with Gasteiger partial charge in [0.2, 0.25) is 0 Å². The lowest BCUT2D eigenvalue weighted by molar-refractivity contribution is 0.369. The Labute approximate surface area is 152 Å². The molecule has 0 aliphatic rings. The van der Waals surface area contributed by atoms with E-state index in [9.17, 15) is 4.79 Å². The Kier molecular flexibility index (Phi) is 6.12. The van der Waals surface area contributed by atoms with E-state index in [1.165, 1.54) is 4.68 Å². The van der Waals surface area contributed by atoms with Crippen LogP contribution in [0.4, 0.5) is 0 Å². The molecule has 0 aliphatic heterocycles. The molecule has 0 unspecified atom stereocenters. The van der Waals surface area contributed by atoms with Crippen molar-refractivity contribution >= 4 is 23.2 Å². The first kappa shape index (κ1) is 18.9. The molecule has 0 aliphatic carbocycles. The zero-order chi connectivity index (χ0) is 17.1. The molecule has 0 spiro atoms. The largest absolute Gasteiger partial charge is 0.497 e. The number of ether oxygens (including phenoxy) is 1. The average molecular weight is 361 g/mol. The van der Waals surface area contributed by atoms with Crippen molar-refractivity contribution in [2.45, 2.75) is 6.54 Å². The maximum Gasteiger partial charge on any atom is 0.274 e. The van der Waals surface area contributed by atoms with Gasteiger partial charge in [-0.05, 0) is 44.4 Å². The SMILES string of the molecule is COc1ccc2c(=O)n(CCN(C)C)nc(-c3cccnc3)c2c1.Cl. The second kappa shape index (κ2) is 8.09. The van der Waals surface area contributed by atoms with Gasteiger partial charge in [-0.3, -0.25) is 9.78 Å². The standard InChI is InChI=1S/C18H20N4O2.ClH/c1-21(2)9-10-22-18(23)15-7-6-14(24-3)11-16(15)17(20-22)13-5-4-8-19-12-13;/h4-8,11-12H,9-10H2,1-3H3;1H. The number of pyridine rings is 1. The molecule has 0 saturated heterocycles. The lowest BCUT2D eigenvalue weighted by Gasteiger charge is -2.14. The fourth-order valence-corrected chi connectivity index (χ4v) is 2.55. The van der Waals surface area contributed by atoms with E-state index in [1.54, 1.807) is 31.6 Å². The number of methoxy groups -OCH3 is 1. The van der Waals surface area contributed by atoms with Gasteiger partial charge >= 0.3 is 0 Å². The molecule has 132 valence electrons. The molecule has 1 aromatic carbocycles. The minimum atomic E-state index is -0.0952. The predicted molar refractivity (Wildman–Crippen MR) is 102 cm³/mol. The van der Waals surface area contributed by atoms with E-state index in [0.29, 0.717) is 17.7 Å². The van der Waals surface area contributed by atoms with Crippen LogP contribution in [-0.4, -0.2) is 47.4 Å². The van der Waals surface area contributed by atoms with Crippen LogP contribution in [-0.2, 0) is 6.54 Å². The summed E-state index contributed by atoms with van der Waals surface area (Å²) >= 11 is 0.